The van der Waals surface area contributed by atoms with E-state index in [1.54, 1.807) is 20.3 Å². The van der Waals surface area contributed by atoms with E-state index in [0.29, 0.717) is 28.6 Å². The van der Waals surface area contributed by atoms with Crippen LogP contribution in [-0.2, 0) is 0 Å². The Balaban J connectivity index is 1.81. The molecule has 10 heteroatoms. The minimum absolute atomic E-state index is 0.0487. The highest BCUT2D eigenvalue weighted by Crippen LogP contribution is 2.37. The van der Waals surface area contributed by atoms with Gasteiger partial charge in [-0.25, -0.2) is 5.43 Å². The molecule has 0 spiro atoms. The largest absolute Gasteiger partial charge is 0.493 e. The van der Waals surface area contributed by atoms with Gasteiger partial charge in [0.15, 0.2) is 17.7 Å². The number of ether oxygens (including phenoxy) is 2. The van der Waals surface area contributed by atoms with Crippen molar-refractivity contribution in [3.63, 3.8) is 0 Å². The SMILES string of the molecule is COc1ccc(C2=CC(c3ccc([N+](=O)[O-])s3)=NC3C(C#N)CNN23)cc1OC. The molecule has 4 rings (SSSR count). The fourth-order valence-corrected chi connectivity index (χ4v) is 4.15. The first-order valence-electron chi connectivity index (χ1n) is 8.74. The first-order chi connectivity index (χ1) is 14.0. The molecule has 2 aromatic rings. The Labute approximate surface area is 170 Å². The van der Waals surface area contributed by atoms with Crippen LogP contribution in [0.1, 0.15) is 10.4 Å². The van der Waals surface area contributed by atoms with Gasteiger partial charge in [-0.2, -0.15) is 5.26 Å². The zero-order chi connectivity index (χ0) is 20.5. The smallest absolute Gasteiger partial charge is 0.324 e. The number of fused-ring (bicyclic) bond motifs is 1. The van der Waals surface area contributed by atoms with Crippen molar-refractivity contribution in [1.29, 1.82) is 5.26 Å². The number of hydrazine groups is 1. The van der Waals surface area contributed by atoms with E-state index in [2.05, 4.69) is 11.5 Å². The van der Waals surface area contributed by atoms with Gasteiger partial charge in [0.2, 0.25) is 0 Å². The van der Waals surface area contributed by atoms with Crippen molar-refractivity contribution in [2.75, 3.05) is 20.8 Å². The standard InChI is InChI=1S/C19H17N5O4S/c1-27-15-4-3-11(7-16(15)28-2)14-8-13(17-5-6-18(29-17)24(25)26)22-19-12(9-20)10-21-23(14)19/h3-8,12,19,21H,10H2,1-2H3. The third-order valence-corrected chi connectivity index (χ3v) is 5.84. The van der Waals surface area contributed by atoms with Crippen LogP contribution in [0.4, 0.5) is 5.00 Å². The van der Waals surface area contributed by atoms with Crippen LogP contribution in [0.5, 0.6) is 11.5 Å². The molecule has 1 fully saturated rings. The summed E-state index contributed by atoms with van der Waals surface area (Å²) in [7, 11) is 3.14. The molecule has 2 aliphatic rings. The fraction of sp³-hybridized carbons (Fsp3) is 0.263. The summed E-state index contributed by atoms with van der Waals surface area (Å²) in [5, 5.41) is 22.5. The zero-order valence-electron chi connectivity index (χ0n) is 15.7. The second-order valence-electron chi connectivity index (χ2n) is 6.39. The minimum Gasteiger partial charge on any atom is -0.493 e. The summed E-state index contributed by atoms with van der Waals surface area (Å²) in [6, 6.07) is 11.0. The first-order valence-corrected chi connectivity index (χ1v) is 9.56. The number of aliphatic imine (C=N–C) groups is 1. The molecule has 2 aliphatic heterocycles. The molecule has 1 saturated heterocycles. The van der Waals surface area contributed by atoms with Crippen LogP contribution in [0.2, 0.25) is 0 Å². The van der Waals surface area contributed by atoms with Crippen LogP contribution in [-0.4, -0.2) is 42.6 Å². The quantitative estimate of drug-likeness (QED) is 0.594. The van der Waals surface area contributed by atoms with E-state index >= 15 is 0 Å². The van der Waals surface area contributed by atoms with Gasteiger partial charge in [0.25, 0.3) is 0 Å². The lowest BCUT2D eigenvalue weighted by Crippen LogP contribution is -2.38. The molecular formula is C19H17N5O4S. The summed E-state index contributed by atoms with van der Waals surface area (Å²) in [5.74, 6) is 0.842. The third kappa shape index (κ3) is 3.30. The van der Waals surface area contributed by atoms with Crippen molar-refractivity contribution >= 4 is 27.7 Å². The highest BCUT2D eigenvalue weighted by atomic mass is 32.1. The Kier molecular flexibility index (Phi) is 4.92. The second-order valence-corrected chi connectivity index (χ2v) is 7.45. The van der Waals surface area contributed by atoms with Crippen molar-refractivity contribution in [3.8, 4) is 17.6 Å². The van der Waals surface area contributed by atoms with Crippen LogP contribution in [0.3, 0.4) is 0 Å². The highest BCUT2D eigenvalue weighted by Gasteiger charge is 2.38. The average Bonchev–Trinajstić information content (AvgIpc) is 3.39. The molecule has 1 aromatic heterocycles. The topological polar surface area (TPSA) is 113 Å². The molecule has 1 N–H and O–H groups in total. The van der Waals surface area contributed by atoms with Crippen molar-refractivity contribution in [3.05, 3.63) is 57.0 Å². The molecule has 2 atom stereocenters. The van der Waals surface area contributed by atoms with Crippen molar-refractivity contribution in [2.45, 2.75) is 6.17 Å². The van der Waals surface area contributed by atoms with Gasteiger partial charge in [0, 0.05) is 18.2 Å². The Morgan fingerprint density at radius 1 is 1.31 bits per heavy atom. The first kappa shape index (κ1) is 18.9. The number of nitro groups is 1. The zero-order valence-corrected chi connectivity index (χ0v) is 16.5. The number of methoxy groups -OCH3 is 2. The molecule has 0 bridgehead atoms. The molecule has 148 valence electrons. The summed E-state index contributed by atoms with van der Waals surface area (Å²) >= 11 is 1.06. The lowest BCUT2D eigenvalue weighted by Gasteiger charge is -2.31. The number of nitrogens with zero attached hydrogens (tertiary/aromatic N) is 4. The van der Waals surface area contributed by atoms with E-state index < -0.39 is 11.1 Å². The normalized spacial score (nSPS) is 20.4. The summed E-state index contributed by atoms with van der Waals surface area (Å²) in [6.45, 7) is 0.465. The summed E-state index contributed by atoms with van der Waals surface area (Å²) in [5.41, 5.74) is 5.48. The van der Waals surface area contributed by atoms with Crippen LogP contribution < -0.4 is 14.9 Å². The number of benzene rings is 1. The van der Waals surface area contributed by atoms with E-state index in [9.17, 15) is 15.4 Å². The molecule has 0 saturated carbocycles. The monoisotopic (exact) mass is 411 g/mol. The number of allylic oxidation sites excluding steroid dienone is 1. The maximum atomic E-state index is 11.1. The Bertz CT molecular complexity index is 1070. The van der Waals surface area contributed by atoms with Crippen LogP contribution in [0, 0.1) is 27.4 Å². The maximum Gasteiger partial charge on any atom is 0.324 e. The molecule has 9 nitrogen and oxygen atoms in total. The van der Waals surface area contributed by atoms with Gasteiger partial charge >= 0.3 is 5.00 Å². The van der Waals surface area contributed by atoms with E-state index in [1.165, 1.54) is 6.07 Å². The highest BCUT2D eigenvalue weighted by molar-refractivity contribution is 7.17. The van der Waals surface area contributed by atoms with Crippen LogP contribution in [0.25, 0.3) is 5.70 Å². The lowest BCUT2D eigenvalue weighted by atomic mass is 10.0. The van der Waals surface area contributed by atoms with Gasteiger partial charge in [-0.05, 0) is 30.3 Å². The van der Waals surface area contributed by atoms with Crippen molar-refractivity contribution < 1.29 is 14.4 Å². The van der Waals surface area contributed by atoms with Gasteiger partial charge in [0.05, 0.1) is 41.5 Å². The molecule has 0 aliphatic carbocycles. The number of rotatable bonds is 5. The van der Waals surface area contributed by atoms with Gasteiger partial charge < -0.3 is 9.47 Å². The van der Waals surface area contributed by atoms with E-state index in [4.69, 9.17) is 14.5 Å². The van der Waals surface area contributed by atoms with Gasteiger partial charge in [-0.15, -0.1) is 0 Å². The molecule has 1 aromatic carbocycles. The molecule has 3 heterocycles. The maximum absolute atomic E-state index is 11.1. The van der Waals surface area contributed by atoms with Crippen LogP contribution >= 0.6 is 11.3 Å². The van der Waals surface area contributed by atoms with E-state index in [1.807, 2.05) is 29.3 Å². The van der Waals surface area contributed by atoms with Crippen molar-refractivity contribution in [2.24, 2.45) is 10.9 Å². The number of hydrogen-bond donors (Lipinski definition) is 1. The van der Waals surface area contributed by atoms with E-state index in [0.717, 1.165) is 22.6 Å². The number of nitriles is 1. The Hall–Kier alpha value is -3.42. The third-order valence-electron chi connectivity index (χ3n) is 4.78. The lowest BCUT2D eigenvalue weighted by molar-refractivity contribution is -0.380. The predicted octanol–water partition coefficient (Wildman–Crippen LogP) is 2.80. The summed E-state index contributed by atoms with van der Waals surface area (Å²) < 4.78 is 10.7. The number of hydrogen-bond acceptors (Lipinski definition) is 9. The minimum atomic E-state index is -0.427. The van der Waals surface area contributed by atoms with Crippen molar-refractivity contribution in [1.82, 2.24) is 10.4 Å². The number of nitrogens with one attached hydrogen (secondary N) is 1. The fourth-order valence-electron chi connectivity index (χ4n) is 3.36. The molecule has 0 amide bonds. The Morgan fingerprint density at radius 3 is 2.76 bits per heavy atom. The second kappa shape index (κ2) is 7.54. The van der Waals surface area contributed by atoms with Crippen LogP contribution in [0.15, 0.2) is 41.4 Å². The Morgan fingerprint density at radius 2 is 2.10 bits per heavy atom. The molecule has 0 radical (unpaired) electrons. The average molecular weight is 411 g/mol. The van der Waals surface area contributed by atoms with Gasteiger partial charge in [-0.3, -0.25) is 20.1 Å². The predicted molar refractivity (Wildman–Crippen MR) is 108 cm³/mol. The van der Waals surface area contributed by atoms with E-state index in [-0.39, 0.29) is 10.9 Å². The summed E-state index contributed by atoms with van der Waals surface area (Å²) in [6.07, 6.45) is 1.43. The summed E-state index contributed by atoms with van der Waals surface area (Å²) in [4.78, 5) is 16.0. The molecule has 2 unspecified atom stereocenters. The van der Waals surface area contributed by atoms with Gasteiger partial charge in [-0.1, -0.05) is 11.3 Å². The van der Waals surface area contributed by atoms with Gasteiger partial charge in [0.1, 0.15) is 5.92 Å². The number of thiophene rings is 1. The molecular weight excluding hydrogens is 394 g/mol. The molecule has 29 heavy (non-hydrogen) atoms.